The van der Waals surface area contributed by atoms with E-state index in [4.69, 9.17) is 16.3 Å². The number of nitrogens with zero attached hydrogens (tertiary/aromatic N) is 1. The molecule has 0 spiro atoms. The average molecular weight is 319 g/mol. The molecule has 0 unspecified atom stereocenters. The van der Waals surface area contributed by atoms with Crippen LogP contribution in [0.25, 0.3) is 0 Å². The molecule has 1 aliphatic heterocycles. The molecule has 0 saturated carbocycles. The van der Waals surface area contributed by atoms with Gasteiger partial charge >= 0.3 is 6.09 Å². The van der Waals surface area contributed by atoms with Gasteiger partial charge in [0.15, 0.2) is 0 Å². The minimum Gasteiger partial charge on any atom is -0.447 e. The molecule has 8 heteroatoms. The minimum absolute atomic E-state index is 0.0352. The molecular formula is C12H15ClN2O4S. The number of nitrogens with one attached hydrogen (secondary N) is 1. The Bertz CT molecular complexity index is 591. The lowest BCUT2D eigenvalue weighted by Crippen LogP contribution is -2.23. The summed E-state index contributed by atoms with van der Waals surface area (Å²) in [5.74, 6) is 0.257. The lowest BCUT2D eigenvalue weighted by Gasteiger charge is -2.14. The predicted molar refractivity (Wildman–Crippen MR) is 77.9 cm³/mol. The third kappa shape index (κ3) is 3.77. The second-order valence-corrected chi connectivity index (χ2v) is 6.50. The van der Waals surface area contributed by atoms with E-state index in [-0.39, 0.29) is 5.75 Å². The summed E-state index contributed by atoms with van der Waals surface area (Å²) in [4.78, 5) is 12.9. The second-order valence-electron chi connectivity index (χ2n) is 4.28. The second kappa shape index (κ2) is 6.32. The van der Waals surface area contributed by atoms with Crippen LogP contribution in [0.2, 0.25) is 0 Å². The Morgan fingerprint density at radius 2 is 2.20 bits per heavy atom. The van der Waals surface area contributed by atoms with Gasteiger partial charge in [-0.05, 0) is 24.6 Å². The van der Waals surface area contributed by atoms with Crippen molar-refractivity contribution >= 4 is 39.1 Å². The van der Waals surface area contributed by atoms with E-state index in [1.165, 1.54) is 4.90 Å². The lowest BCUT2D eigenvalue weighted by atomic mass is 10.2. The van der Waals surface area contributed by atoms with E-state index in [2.05, 4.69) is 4.72 Å². The normalized spacial score (nSPS) is 15.2. The zero-order chi connectivity index (χ0) is 14.6. The molecule has 1 saturated heterocycles. The maximum atomic E-state index is 11.8. The smallest absolute Gasteiger partial charge is 0.414 e. The fourth-order valence-electron chi connectivity index (χ4n) is 1.84. The molecule has 0 bridgehead atoms. The average Bonchev–Trinajstić information content (AvgIpc) is 2.82. The number of amides is 1. The molecular weight excluding hydrogens is 304 g/mol. The van der Waals surface area contributed by atoms with Crippen molar-refractivity contribution in [2.45, 2.75) is 6.42 Å². The molecule has 1 heterocycles. The Labute approximate surface area is 122 Å². The summed E-state index contributed by atoms with van der Waals surface area (Å²) in [5, 5.41) is 0. The van der Waals surface area contributed by atoms with Gasteiger partial charge in [0.2, 0.25) is 10.0 Å². The Morgan fingerprint density at radius 3 is 2.85 bits per heavy atom. The molecule has 1 fully saturated rings. The molecule has 0 aliphatic carbocycles. The van der Waals surface area contributed by atoms with Crippen LogP contribution in [-0.4, -0.2) is 39.3 Å². The number of hydrogen-bond donors (Lipinski definition) is 1. The Hall–Kier alpha value is -1.47. The monoisotopic (exact) mass is 318 g/mol. The first kappa shape index (κ1) is 14.9. The van der Waals surface area contributed by atoms with Crippen LogP contribution in [0.5, 0.6) is 0 Å². The van der Waals surface area contributed by atoms with Crippen LogP contribution in [0, 0.1) is 0 Å². The molecule has 2 rings (SSSR count). The SMILES string of the molecule is O=C1OCCN1c1cccc(NS(=O)(=O)CCCCl)c1. The molecule has 1 aromatic rings. The van der Waals surface area contributed by atoms with Gasteiger partial charge in [-0.3, -0.25) is 9.62 Å². The highest BCUT2D eigenvalue weighted by Crippen LogP contribution is 2.23. The number of carbonyl (C=O) groups is 1. The van der Waals surface area contributed by atoms with E-state index < -0.39 is 16.1 Å². The summed E-state index contributed by atoms with van der Waals surface area (Å²) >= 11 is 5.49. The van der Waals surface area contributed by atoms with Gasteiger partial charge in [-0.1, -0.05) is 6.07 Å². The van der Waals surface area contributed by atoms with Gasteiger partial charge in [0.25, 0.3) is 0 Å². The zero-order valence-electron chi connectivity index (χ0n) is 10.7. The molecule has 110 valence electrons. The van der Waals surface area contributed by atoms with Gasteiger partial charge in [-0.2, -0.15) is 0 Å². The lowest BCUT2D eigenvalue weighted by molar-refractivity contribution is 0.181. The first-order chi connectivity index (χ1) is 9.52. The van der Waals surface area contributed by atoms with Gasteiger partial charge in [-0.15, -0.1) is 11.6 Å². The van der Waals surface area contributed by atoms with Crippen LogP contribution in [0.1, 0.15) is 6.42 Å². The Kier molecular flexibility index (Phi) is 4.72. The van der Waals surface area contributed by atoms with Crippen LogP contribution >= 0.6 is 11.6 Å². The van der Waals surface area contributed by atoms with E-state index in [0.717, 1.165) is 0 Å². The fraction of sp³-hybridized carbons (Fsp3) is 0.417. The number of cyclic esters (lactones) is 1. The summed E-state index contributed by atoms with van der Waals surface area (Å²) in [6, 6.07) is 6.64. The highest BCUT2D eigenvalue weighted by atomic mass is 35.5. The number of benzene rings is 1. The molecule has 0 radical (unpaired) electrons. The highest BCUT2D eigenvalue weighted by molar-refractivity contribution is 7.92. The summed E-state index contributed by atoms with van der Waals surface area (Å²) in [7, 11) is -3.42. The molecule has 1 aliphatic rings. The topological polar surface area (TPSA) is 75.7 Å². The van der Waals surface area contributed by atoms with E-state index in [1.807, 2.05) is 0 Å². The number of carbonyl (C=O) groups excluding carboxylic acids is 1. The van der Waals surface area contributed by atoms with Crippen molar-refractivity contribution in [1.82, 2.24) is 0 Å². The van der Waals surface area contributed by atoms with Gasteiger partial charge < -0.3 is 4.74 Å². The van der Waals surface area contributed by atoms with Crippen molar-refractivity contribution in [1.29, 1.82) is 0 Å². The van der Waals surface area contributed by atoms with Crippen molar-refractivity contribution in [2.24, 2.45) is 0 Å². The number of rotatable bonds is 6. The van der Waals surface area contributed by atoms with Crippen molar-refractivity contribution < 1.29 is 17.9 Å². The summed E-state index contributed by atoms with van der Waals surface area (Å²) in [6.07, 6.45) is -0.0400. The van der Waals surface area contributed by atoms with Crippen molar-refractivity contribution in [2.75, 3.05) is 34.4 Å². The maximum absolute atomic E-state index is 11.8. The minimum atomic E-state index is -3.42. The molecule has 0 atom stereocenters. The van der Waals surface area contributed by atoms with Crippen LogP contribution in [0.15, 0.2) is 24.3 Å². The Morgan fingerprint density at radius 1 is 1.40 bits per heavy atom. The van der Waals surface area contributed by atoms with Crippen LogP contribution in [0.4, 0.5) is 16.2 Å². The van der Waals surface area contributed by atoms with Crippen LogP contribution in [-0.2, 0) is 14.8 Å². The van der Waals surface area contributed by atoms with Gasteiger partial charge in [0, 0.05) is 11.6 Å². The van der Waals surface area contributed by atoms with Crippen molar-refractivity contribution in [3.63, 3.8) is 0 Å². The quantitative estimate of drug-likeness (QED) is 0.814. The number of sulfonamides is 1. The van der Waals surface area contributed by atoms with E-state index in [9.17, 15) is 13.2 Å². The van der Waals surface area contributed by atoms with E-state index in [1.54, 1.807) is 24.3 Å². The molecule has 1 aromatic carbocycles. The number of hydrogen-bond acceptors (Lipinski definition) is 4. The highest BCUT2D eigenvalue weighted by Gasteiger charge is 2.23. The number of halogens is 1. The first-order valence-corrected chi connectivity index (χ1v) is 8.31. The van der Waals surface area contributed by atoms with Gasteiger partial charge in [0.1, 0.15) is 6.61 Å². The third-order valence-electron chi connectivity index (χ3n) is 2.74. The molecule has 1 N–H and O–H groups in total. The zero-order valence-corrected chi connectivity index (χ0v) is 12.3. The Balaban J connectivity index is 2.12. The number of anilines is 2. The van der Waals surface area contributed by atoms with E-state index in [0.29, 0.717) is 36.8 Å². The number of alkyl halides is 1. The van der Waals surface area contributed by atoms with Gasteiger partial charge in [0.05, 0.1) is 18.0 Å². The summed E-state index contributed by atoms with van der Waals surface area (Å²) in [6.45, 7) is 0.797. The van der Waals surface area contributed by atoms with Crippen LogP contribution < -0.4 is 9.62 Å². The first-order valence-electron chi connectivity index (χ1n) is 6.13. The van der Waals surface area contributed by atoms with Crippen molar-refractivity contribution in [3.8, 4) is 0 Å². The van der Waals surface area contributed by atoms with Crippen molar-refractivity contribution in [3.05, 3.63) is 24.3 Å². The number of ether oxygens (including phenoxy) is 1. The predicted octanol–water partition coefficient (Wildman–Crippen LogP) is 2.01. The maximum Gasteiger partial charge on any atom is 0.414 e. The molecule has 6 nitrogen and oxygen atoms in total. The molecule has 0 aromatic heterocycles. The largest absolute Gasteiger partial charge is 0.447 e. The fourth-order valence-corrected chi connectivity index (χ4v) is 3.25. The summed E-state index contributed by atoms with van der Waals surface area (Å²) < 4.78 is 30.9. The third-order valence-corrected chi connectivity index (χ3v) is 4.38. The van der Waals surface area contributed by atoms with Crippen LogP contribution in [0.3, 0.4) is 0 Å². The molecule has 1 amide bonds. The molecule has 20 heavy (non-hydrogen) atoms. The van der Waals surface area contributed by atoms with E-state index >= 15 is 0 Å². The standard InChI is InChI=1S/C12H15ClN2O4S/c13-5-2-8-20(17,18)14-10-3-1-4-11(9-10)15-6-7-19-12(15)16/h1,3-4,9,14H,2,5-8H2. The van der Waals surface area contributed by atoms with Gasteiger partial charge in [-0.25, -0.2) is 13.2 Å². The summed E-state index contributed by atoms with van der Waals surface area (Å²) in [5.41, 5.74) is 1.02.